The van der Waals surface area contributed by atoms with E-state index in [1.54, 1.807) is 0 Å². The van der Waals surface area contributed by atoms with E-state index in [4.69, 9.17) is 24.0 Å². The monoisotopic (exact) mass is 808 g/mol. The summed E-state index contributed by atoms with van der Waals surface area (Å²) in [4.78, 5) is 21.6. The van der Waals surface area contributed by atoms with Gasteiger partial charge in [0.2, 0.25) is 0 Å². The Morgan fingerprint density at radius 2 is 0.517 bits per heavy atom. The Morgan fingerprint density at radius 1 is 0.300 bits per heavy atom. The van der Waals surface area contributed by atoms with Gasteiger partial charge in [0.15, 0.2) is 0 Å². The van der Waals surface area contributed by atoms with Crippen molar-refractivity contribution >= 4 is 7.82 Å². The molecule has 8 aromatic rings. The highest BCUT2D eigenvalue weighted by molar-refractivity contribution is 7.45. The van der Waals surface area contributed by atoms with Gasteiger partial charge in [-0.25, -0.2) is 4.57 Å². The van der Waals surface area contributed by atoms with Crippen LogP contribution in [0.25, 0.3) is 0 Å². The van der Waals surface area contributed by atoms with Gasteiger partial charge in [0.25, 0.3) is 0 Å². The Morgan fingerprint density at radius 3 is 0.767 bits per heavy atom. The number of rotatable bonds is 14. The van der Waals surface area contributed by atoms with Crippen molar-refractivity contribution in [1.29, 1.82) is 0 Å². The summed E-state index contributed by atoms with van der Waals surface area (Å²) in [6, 6.07) is 74.1. The Bertz CT molecular complexity index is 2410. The molecule has 0 unspecified atom stereocenters. The molecule has 60 heavy (non-hydrogen) atoms. The molecular formula is C54H49O5P. The molecule has 0 fully saturated rings. The second-order valence-corrected chi connectivity index (χ2v) is 16.0. The average Bonchev–Trinajstić information content (AvgIpc) is 3.26. The van der Waals surface area contributed by atoms with E-state index >= 15 is 0 Å². The molecule has 0 amide bonds. The zero-order valence-corrected chi connectivity index (χ0v) is 34.4. The SMILES string of the molecule is O=P(O)(O)O.c1ccc(Cc2ccc(Oc3ccc(Cc4ccccc4)c(Cc4ccccc4)c3Cc3ccccc3)c(Cc3ccccc3)c2Cc2ccccc2)cc1. The minimum absolute atomic E-state index is 0.776. The van der Waals surface area contributed by atoms with Crippen LogP contribution in [0.2, 0.25) is 0 Å². The van der Waals surface area contributed by atoms with E-state index in [1.807, 2.05) is 0 Å². The highest BCUT2D eigenvalue weighted by Crippen LogP contribution is 2.39. The van der Waals surface area contributed by atoms with Crippen LogP contribution >= 0.6 is 7.82 Å². The number of phosphoric acid groups is 1. The van der Waals surface area contributed by atoms with E-state index in [0.717, 1.165) is 50.0 Å². The molecule has 0 aliphatic carbocycles. The van der Waals surface area contributed by atoms with Gasteiger partial charge >= 0.3 is 7.82 Å². The maximum Gasteiger partial charge on any atom is 0.466 e. The molecule has 0 aliphatic heterocycles. The summed E-state index contributed by atoms with van der Waals surface area (Å²) < 4.78 is 16.2. The first-order chi connectivity index (χ1) is 29.2. The van der Waals surface area contributed by atoms with Gasteiger partial charge in [-0.15, -0.1) is 0 Å². The summed E-state index contributed by atoms with van der Waals surface area (Å²) >= 11 is 0. The van der Waals surface area contributed by atoms with Gasteiger partial charge in [0.05, 0.1) is 0 Å². The minimum Gasteiger partial charge on any atom is -0.457 e. The predicted molar refractivity (Wildman–Crippen MR) is 243 cm³/mol. The Hall–Kier alpha value is -6.33. The van der Waals surface area contributed by atoms with Crippen molar-refractivity contribution in [1.82, 2.24) is 0 Å². The fraction of sp³-hybridized carbons (Fsp3) is 0.111. The van der Waals surface area contributed by atoms with Crippen LogP contribution in [0.15, 0.2) is 206 Å². The number of benzene rings is 8. The van der Waals surface area contributed by atoms with E-state index < -0.39 is 7.82 Å². The van der Waals surface area contributed by atoms with Gasteiger partial charge in [0.1, 0.15) is 11.5 Å². The first-order valence-electron chi connectivity index (χ1n) is 20.2. The fourth-order valence-corrected chi connectivity index (χ4v) is 7.74. The van der Waals surface area contributed by atoms with Crippen LogP contribution in [0.1, 0.15) is 66.8 Å². The molecule has 0 atom stereocenters. The quantitative estimate of drug-likeness (QED) is 0.0953. The van der Waals surface area contributed by atoms with Crippen LogP contribution in [0, 0.1) is 0 Å². The lowest BCUT2D eigenvalue weighted by atomic mass is 9.87. The first-order valence-corrected chi connectivity index (χ1v) is 21.8. The molecule has 0 aliphatic rings. The largest absolute Gasteiger partial charge is 0.466 e. The van der Waals surface area contributed by atoms with Crippen LogP contribution in [0.5, 0.6) is 11.5 Å². The zero-order valence-electron chi connectivity index (χ0n) is 33.5. The lowest BCUT2D eigenvalue weighted by Gasteiger charge is -2.23. The summed E-state index contributed by atoms with van der Waals surface area (Å²) in [5.41, 5.74) is 15.6. The third-order valence-corrected chi connectivity index (χ3v) is 10.6. The normalized spacial score (nSPS) is 11.1. The third-order valence-electron chi connectivity index (χ3n) is 10.6. The van der Waals surface area contributed by atoms with Gasteiger partial charge in [-0.1, -0.05) is 194 Å². The van der Waals surface area contributed by atoms with E-state index in [-0.39, 0.29) is 0 Å². The second-order valence-electron chi connectivity index (χ2n) is 14.9. The molecule has 3 N–H and O–H groups in total. The third kappa shape index (κ3) is 12.3. The Labute approximate surface area is 353 Å². The minimum atomic E-state index is -4.64. The summed E-state index contributed by atoms with van der Waals surface area (Å²) in [5.74, 6) is 1.84. The highest BCUT2D eigenvalue weighted by atomic mass is 31.2. The van der Waals surface area contributed by atoms with Crippen molar-refractivity contribution in [2.45, 2.75) is 38.5 Å². The van der Waals surface area contributed by atoms with Gasteiger partial charge in [0, 0.05) is 24.0 Å². The summed E-state index contributed by atoms with van der Waals surface area (Å²) in [7, 11) is -4.64. The first kappa shape index (κ1) is 41.8. The molecule has 8 rings (SSSR count). The van der Waals surface area contributed by atoms with Crippen LogP contribution in [0.4, 0.5) is 0 Å². The average molecular weight is 809 g/mol. The molecule has 5 nitrogen and oxygen atoms in total. The lowest BCUT2D eigenvalue weighted by molar-refractivity contribution is 0.275. The van der Waals surface area contributed by atoms with Gasteiger partial charge < -0.3 is 19.4 Å². The van der Waals surface area contributed by atoms with Gasteiger partial charge in [-0.3, -0.25) is 0 Å². The second kappa shape index (κ2) is 20.6. The smallest absolute Gasteiger partial charge is 0.457 e. The Balaban J connectivity index is 0.00000103. The maximum atomic E-state index is 8.88. The van der Waals surface area contributed by atoms with Crippen molar-refractivity contribution in [3.8, 4) is 11.5 Å². The molecule has 6 heteroatoms. The van der Waals surface area contributed by atoms with Gasteiger partial charge in [-0.05, 0) is 93.5 Å². The topological polar surface area (TPSA) is 87.0 Å². The lowest BCUT2D eigenvalue weighted by Crippen LogP contribution is -2.08. The van der Waals surface area contributed by atoms with E-state index in [2.05, 4.69) is 206 Å². The number of hydrogen-bond donors (Lipinski definition) is 3. The van der Waals surface area contributed by atoms with Crippen molar-refractivity contribution in [2.24, 2.45) is 0 Å². The number of ether oxygens (including phenoxy) is 1. The standard InChI is InChI=1S/C54H46O.H3O4P/c1-7-19-41(20-8-1)35-47-31-33-53(51(39-45-27-15-5-16-28-45)49(47)37-43-23-11-3-12-24-43)55-54-34-32-48(36-42-21-9-2-10-22-42)50(38-44-25-13-4-14-26-44)52(54)40-46-29-17-6-18-30-46;1-5(2,3)4/h1-34H,35-40H2;(H3,1,2,3,4). The fourth-order valence-electron chi connectivity index (χ4n) is 7.74. The van der Waals surface area contributed by atoms with Gasteiger partial charge in [-0.2, -0.15) is 0 Å². The maximum absolute atomic E-state index is 8.88. The highest BCUT2D eigenvalue weighted by Gasteiger charge is 2.21. The molecule has 0 heterocycles. The zero-order chi connectivity index (χ0) is 41.6. The van der Waals surface area contributed by atoms with Crippen LogP contribution in [-0.4, -0.2) is 14.7 Å². The van der Waals surface area contributed by atoms with E-state index in [0.29, 0.717) is 0 Å². The van der Waals surface area contributed by atoms with Crippen LogP contribution < -0.4 is 4.74 Å². The molecule has 0 bridgehead atoms. The Kier molecular flexibility index (Phi) is 14.3. The summed E-state index contributed by atoms with van der Waals surface area (Å²) in [6.07, 6.45) is 4.93. The van der Waals surface area contributed by atoms with Crippen LogP contribution in [-0.2, 0) is 43.1 Å². The van der Waals surface area contributed by atoms with Crippen LogP contribution in [0.3, 0.4) is 0 Å². The molecule has 0 saturated carbocycles. The van der Waals surface area contributed by atoms with Crippen molar-refractivity contribution in [3.63, 3.8) is 0 Å². The molecule has 0 saturated heterocycles. The van der Waals surface area contributed by atoms with Crippen molar-refractivity contribution in [3.05, 3.63) is 273 Å². The predicted octanol–water partition coefficient (Wildman–Crippen LogP) is 12.1. The molecule has 0 spiro atoms. The van der Waals surface area contributed by atoms with Crippen molar-refractivity contribution in [2.75, 3.05) is 0 Å². The molecule has 300 valence electrons. The number of hydrogen-bond acceptors (Lipinski definition) is 2. The van der Waals surface area contributed by atoms with E-state index in [9.17, 15) is 0 Å². The van der Waals surface area contributed by atoms with Crippen molar-refractivity contribution < 1.29 is 24.0 Å². The summed E-state index contributed by atoms with van der Waals surface area (Å²) in [5, 5.41) is 0. The molecular weight excluding hydrogens is 760 g/mol. The summed E-state index contributed by atoms with van der Waals surface area (Å²) in [6.45, 7) is 0. The molecule has 0 aromatic heterocycles. The molecule has 8 aromatic carbocycles. The molecule has 0 radical (unpaired) electrons. The van der Waals surface area contributed by atoms with E-state index in [1.165, 1.54) is 66.8 Å².